The highest BCUT2D eigenvalue weighted by atomic mass is 16.5. The lowest BCUT2D eigenvalue weighted by Crippen LogP contribution is -2.56. The van der Waals surface area contributed by atoms with Crippen molar-refractivity contribution < 1.29 is 4.74 Å². The van der Waals surface area contributed by atoms with E-state index in [2.05, 4.69) is 39.1 Å². The summed E-state index contributed by atoms with van der Waals surface area (Å²) in [7, 11) is 6.33. The first-order valence-corrected chi connectivity index (χ1v) is 9.61. The van der Waals surface area contributed by atoms with E-state index in [1.165, 1.54) is 12.8 Å². The van der Waals surface area contributed by atoms with Gasteiger partial charge >= 0.3 is 0 Å². The van der Waals surface area contributed by atoms with Crippen molar-refractivity contribution in [1.82, 2.24) is 20.0 Å². The highest BCUT2D eigenvalue weighted by Crippen LogP contribution is 2.30. The summed E-state index contributed by atoms with van der Waals surface area (Å²) in [6, 6.07) is 0.555. The summed E-state index contributed by atoms with van der Waals surface area (Å²) in [6.45, 7) is 7.48. The van der Waals surface area contributed by atoms with Crippen LogP contribution in [-0.2, 0) is 4.74 Å². The second-order valence-electron chi connectivity index (χ2n) is 7.79. The molecule has 3 fully saturated rings. The van der Waals surface area contributed by atoms with Crippen LogP contribution in [0.3, 0.4) is 0 Å². The van der Waals surface area contributed by atoms with Crippen LogP contribution in [0.15, 0.2) is 4.99 Å². The van der Waals surface area contributed by atoms with E-state index in [1.54, 1.807) is 0 Å². The predicted molar refractivity (Wildman–Crippen MR) is 98.5 cm³/mol. The highest BCUT2D eigenvalue weighted by Gasteiger charge is 2.27. The molecule has 6 nitrogen and oxygen atoms in total. The quantitative estimate of drug-likeness (QED) is 0.591. The number of likely N-dealkylation sites (tertiary alicyclic amines) is 1. The van der Waals surface area contributed by atoms with E-state index in [0.29, 0.717) is 12.1 Å². The van der Waals surface area contributed by atoms with Crippen molar-refractivity contribution in [2.24, 2.45) is 10.9 Å². The van der Waals surface area contributed by atoms with Crippen molar-refractivity contribution in [3.8, 4) is 0 Å². The van der Waals surface area contributed by atoms with Gasteiger partial charge in [-0.1, -0.05) is 0 Å². The minimum absolute atomic E-state index is 0.457. The number of likely N-dealkylation sites (N-methyl/N-ethyl adjacent to an activating group) is 2. The maximum atomic E-state index is 6.05. The summed E-state index contributed by atoms with van der Waals surface area (Å²) in [6.07, 6.45) is 5.46. The largest absolute Gasteiger partial charge is 0.378 e. The molecule has 0 amide bonds. The van der Waals surface area contributed by atoms with E-state index in [-0.39, 0.29) is 0 Å². The molecular formula is C18H35N5O. The van der Waals surface area contributed by atoms with Gasteiger partial charge in [0.25, 0.3) is 0 Å². The van der Waals surface area contributed by atoms with Crippen molar-refractivity contribution in [2.75, 3.05) is 67.0 Å². The molecule has 2 heterocycles. The second kappa shape index (κ2) is 8.50. The van der Waals surface area contributed by atoms with Crippen LogP contribution in [0.4, 0.5) is 0 Å². The summed E-state index contributed by atoms with van der Waals surface area (Å²) in [5.41, 5.74) is 0. The number of nitrogens with one attached hydrogen (secondary N) is 1. The molecule has 2 saturated heterocycles. The fraction of sp³-hybridized carbons (Fsp3) is 0.944. The van der Waals surface area contributed by atoms with Gasteiger partial charge in [-0.15, -0.1) is 0 Å². The van der Waals surface area contributed by atoms with Gasteiger partial charge in [-0.25, -0.2) is 0 Å². The summed E-state index contributed by atoms with van der Waals surface area (Å²) in [5.74, 6) is 1.92. The Balaban J connectivity index is 1.39. The molecule has 1 saturated carbocycles. The van der Waals surface area contributed by atoms with Gasteiger partial charge in [-0.2, -0.15) is 0 Å². The molecule has 1 unspecified atom stereocenters. The average molecular weight is 338 g/mol. The fourth-order valence-corrected chi connectivity index (χ4v) is 3.65. The molecule has 6 heteroatoms. The Kier molecular flexibility index (Phi) is 6.36. The van der Waals surface area contributed by atoms with E-state index in [1.807, 2.05) is 7.05 Å². The molecule has 3 aliphatic rings. The van der Waals surface area contributed by atoms with E-state index in [9.17, 15) is 0 Å². The summed E-state index contributed by atoms with van der Waals surface area (Å²) >= 11 is 0. The fourth-order valence-electron chi connectivity index (χ4n) is 3.65. The third kappa shape index (κ3) is 5.07. The van der Waals surface area contributed by atoms with Crippen LogP contribution in [0.5, 0.6) is 0 Å². The van der Waals surface area contributed by atoms with Crippen molar-refractivity contribution in [3.63, 3.8) is 0 Å². The van der Waals surface area contributed by atoms with Crippen molar-refractivity contribution in [2.45, 2.75) is 37.8 Å². The Labute approximate surface area is 147 Å². The third-order valence-corrected chi connectivity index (χ3v) is 5.69. The average Bonchev–Trinajstić information content (AvgIpc) is 3.42. The minimum Gasteiger partial charge on any atom is -0.378 e. The maximum Gasteiger partial charge on any atom is 0.193 e. The molecular weight excluding hydrogens is 302 g/mol. The normalized spacial score (nSPS) is 28.4. The lowest BCUT2D eigenvalue weighted by atomic mass is 10.1. The van der Waals surface area contributed by atoms with Gasteiger partial charge in [0.05, 0.1) is 6.10 Å². The van der Waals surface area contributed by atoms with E-state index in [4.69, 9.17) is 4.74 Å². The van der Waals surface area contributed by atoms with Crippen LogP contribution in [0.1, 0.15) is 25.7 Å². The molecule has 0 aromatic heterocycles. The number of rotatable bonds is 5. The molecule has 0 aromatic carbocycles. The highest BCUT2D eigenvalue weighted by molar-refractivity contribution is 5.80. The number of nitrogens with zero attached hydrogens (tertiary/aromatic N) is 4. The Morgan fingerprint density at radius 2 is 1.83 bits per heavy atom. The van der Waals surface area contributed by atoms with Gasteiger partial charge in [0.2, 0.25) is 0 Å². The van der Waals surface area contributed by atoms with Gasteiger partial charge < -0.3 is 19.9 Å². The molecule has 0 bridgehead atoms. The van der Waals surface area contributed by atoms with E-state index >= 15 is 0 Å². The molecule has 138 valence electrons. The SMILES string of the molecule is CN=C(NCC1CN(C)CCN1C)N1CCC(OCC2CC2)CC1. The zero-order valence-corrected chi connectivity index (χ0v) is 15.7. The van der Waals surface area contributed by atoms with Crippen molar-refractivity contribution in [1.29, 1.82) is 0 Å². The van der Waals surface area contributed by atoms with Gasteiger partial charge in [0.15, 0.2) is 5.96 Å². The summed E-state index contributed by atoms with van der Waals surface area (Å²) < 4.78 is 6.05. The first-order chi connectivity index (χ1) is 11.7. The molecule has 24 heavy (non-hydrogen) atoms. The van der Waals surface area contributed by atoms with Crippen LogP contribution < -0.4 is 5.32 Å². The van der Waals surface area contributed by atoms with Crippen LogP contribution in [0.25, 0.3) is 0 Å². The monoisotopic (exact) mass is 337 g/mol. The number of piperazine rings is 1. The van der Waals surface area contributed by atoms with Crippen LogP contribution in [0, 0.1) is 5.92 Å². The topological polar surface area (TPSA) is 43.3 Å². The molecule has 0 spiro atoms. The lowest BCUT2D eigenvalue weighted by Gasteiger charge is -2.39. The number of aliphatic imine (C=N–C) groups is 1. The molecule has 1 aliphatic carbocycles. The summed E-state index contributed by atoms with van der Waals surface area (Å²) in [4.78, 5) is 11.8. The number of guanidine groups is 1. The van der Waals surface area contributed by atoms with Crippen LogP contribution >= 0.6 is 0 Å². The van der Waals surface area contributed by atoms with Crippen LogP contribution in [0.2, 0.25) is 0 Å². The molecule has 0 radical (unpaired) electrons. The van der Waals surface area contributed by atoms with Gasteiger partial charge in [-0.05, 0) is 45.7 Å². The van der Waals surface area contributed by atoms with Gasteiger partial charge in [-0.3, -0.25) is 9.89 Å². The first kappa shape index (κ1) is 18.0. The Hall–Kier alpha value is -0.850. The van der Waals surface area contributed by atoms with E-state index in [0.717, 1.165) is 70.6 Å². The smallest absolute Gasteiger partial charge is 0.193 e. The van der Waals surface area contributed by atoms with Crippen molar-refractivity contribution >= 4 is 5.96 Å². The lowest BCUT2D eigenvalue weighted by molar-refractivity contribution is 0.0130. The number of hydrogen-bond donors (Lipinski definition) is 1. The zero-order chi connectivity index (χ0) is 16.9. The number of hydrogen-bond acceptors (Lipinski definition) is 4. The van der Waals surface area contributed by atoms with Gasteiger partial charge in [0.1, 0.15) is 0 Å². The van der Waals surface area contributed by atoms with E-state index < -0.39 is 0 Å². The predicted octanol–water partition coefficient (Wildman–Crippen LogP) is 0.699. The second-order valence-corrected chi connectivity index (χ2v) is 7.79. The molecule has 1 atom stereocenters. The van der Waals surface area contributed by atoms with Gasteiger partial charge in [0, 0.05) is 59.0 Å². The minimum atomic E-state index is 0.457. The van der Waals surface area contributed by atoms with Crippen LogP contribution in [-0.4, -0.2) is 99.8 Å². The summed E-state index contributed by atoms with van der Waals surface area (Å²) in [5, 5.41) is 3.60. The maximum absolute atomic E-state index is 6.05. The first-order valence-electron chi connectivity index (χ1n) is 9.61. The number of ether oxygens (including phenoxy) is 1. The van der Waals surface area contributed by atoms with Crippen molar-refractivity contribution in [3.05, 3.63) is 0 Å². The molecule has 1 N–H and O–H groups in total. The standard InChI is InChI=1S/C18H35N5O/c1-19-18(20-12-16-13-21(2)10-11-22(16)3)23-8-6-17(7-9-23)24-14-15-4-5-15/h15-17H,4-14H2,1-3H3,(H,19,20). The molecule has 0 aromatic rings. The molecule has 2 aliphatic heterocycles. The Bertz CT molecular complexity index is 418. The Morgan fingerprint density at radius 3 is 2.50 bits per heavy atom. The Morgan fingerprint density at radius 1 is 1.08 bits per heavy atom. The zero-order valence-electron chi connectivity index (χ0n) is 15.7. The number of piperidine rings is 1. The third-order valence-electron chi connectivity index (χ3n) is 5.69. The molecule has 3 rings (SSSR count).